The van der Waals surface area contributed by atoms with E-state index in [4.69, 9.17) is 26.8 Å². The number of hydrogen-bond donors (Lipinski definition) is 2. The first kappa shape index (κ1) is 18.9. The predicted molar refractivity (Wildman–Crippen MR) is 104 cm³/mol. The molecule has 1 saturated heterocycles. The van der Waals surface area contributed by atoms with Crippen molar-refractivity contribution >= 4 is 46.3 Å². The molecule has 4 rings (SSSR count). The molecule has 3 atom stereocenters. The number of imidazole rings is 1. The van der Waals surface area contributed by atoms with Crippen LogP contribution in [0.15, 0.2) is 36.7 Å². The van der Waals surface area contributed by atoms with E-state index in [1.165, 1.54) is 25.2 Å². The van der Waals surface area contributed by atoms with Crippen molar-refractivity contribution in [2.24, 2.45) is 0 Å². The van der Waals surface area contributed by atoms with Crippen LogP contribution >= 0.6 is 23.4 Å². The molecule has 3 heterocycles. The molecule has 0 amide bonds. The summed E-state index contributed by atoms with van der Waals surface area (Å²) in [5, 5.41) is 10.5. The maximum atomic E-state index is 12.6. The van der Waals surface area contributed by atoms with Gasteiger partial charge in [-0.05, 0) is 23.7 Å². The average molecular weight is 422 g/mol. The first-order valence-electron chi connectivity index (χ1n) is 8.24. The molecule has 3 unspecified atom stereocenters. The van der Waals surface area contributed by atoms with Gasteiger partial charge in [0.2, 0.25) is 5.28 Å². The van der Waals surface area contributed by atoms with Crippen molar-refractivity contribution in [2.75, 3.05) is 18.6 Å². The van der Waals surface area contributed by atoms with Gasteiger partial charge >= 0.3 is 5.97 Å². The second-order valence-electron chi connectivity index (χ2n) is 6.12. The number of rotatable bonds is 4. The van der Waals surface area contributed by atoms with Crippen molar-refractivity contribution in [2.45, 2.75) is 17.3 Å². The third-order valence-electron chi connectivity index (χ3n) is 4.44. The molecule has 2 aromatic heterocycles. The largest absolute Gasteiger partial charge is 0.423 e. The summed E-state index contributed by atoms with van der Waals surface area (Å²) in [6.07, 6.45) is 0.686. The predicted octanol–water partition coefficient (Wildman–Crippen LogP) is 1.87. The molecule has 0 radical (unpaired) electrons. The molecule has 1 aliphatic rings. The highest BCUT2D eigenvalue weighted by Crippen LogP contribution is 2.47. The van der Waals surface area contributed by atoms with Crippen molar-refractivity contribution < 1.29 is 19.4 Å². The number of halogens is 1. The smallest absolute Gasteiger partial charge is 0.340 e. The monoisotopic (exact) mass is 421 g/mol. The molecule has 146 valence electrons. The summed E-state index contributed by atoms with van der Waals surface area (Å²) in [6, 6.07) is 8.40. The number of thioether (sulfide) groups is 1. The van der Waals surface area contributed by atoms with Crippen molar-refractivity contribution in [3.63, 3.8) is 0 Å². The van der Waals surface area contributed by atoms with Gasteiger partial charge in [0.05, 0.1) is 11.9 Å². The van der Waals surface area contributed by atoms with E-state index in [0.29, 0.717) is 22.5 Å². The number of esters is 1. The Balaban J connectivity index is 1.75. The van der Waals surface area contributed by atoms with Crippen LogP contribution in [0.25, 0.3) is 11.2 Å². The van der Waals surface area contributed by atoms with Crippen LogP contribution in [0.5, 0.6) is 0 Å². The van der Waals surface area contributed by atoms with E-state index in [9.17, 15) is 9.90 Å². The van der Waals surface area contributed by atoms with Crippen molar-refractivity contribution in [1.82, 2.24) is 19.5 Å². The number of hydrogen-bond acceptors (Lipinski definition) is 9. The van der Waals surface area contributed by atoms with Crippen LogP contribution < -0.4 is 5.73 Å². The molecule has 0 saturated carbocycles. The van der Waals surface area contributed by atoms with Gasteiger partial charge < -0.3 is 20.3 Å². The second-order valence-corrected chi connectivity index (χ2v) is 7.57. The number of ether oxygens (including phenoxy) is 2. The van der Waals surface area contributed by atoms with Gasteiger partial charge in [-0.25, -0.2) is 9.78 Å². The van der Waals surface area contributed by atoms with Crippen LogP contribution in [0.4, 0.5) is 5.82 Å². The standard InChI is InChI=1S/C17H16ClN5O4S/c1-26-10-7-28-15(17(10,25)27-14(24)9-5-3-2-4-6-9)23-8-20-11-12(19)21-16(18)22-13(11)23/h2-6,8,10,15,25H,7H2,1H3,(H2,19,21,22). The fourth-order valence-corrected chi connectivity index (χ4v) is 4.73. The number of methoxy groups -OCH3 is 1. The van der Waals surface area contributed by atoms with Gasteiger partial charge in [0.15, 0.2) is 16.8 Å². The van der Waals surface area contributed by atoms with Gasteiger partial charge in [0.25, 0.3) is 5.79 Å². The second kappa shape index (κ2) is 7.21. The Hall–Kier alpha value is -2.40. The number of fused-ring (bicyclic) bond motifs is 1. The lowest BCUT2D eigenvalue weighted by atomic mass is 10.1. The van der Waals surface area contributed by atoms with Gasteiger partial charge in [-0.2, -0.15) is 9.97 Å². The van der Waals surface area contributed by atoms with E-state index >= 15 is 0 Å². The third-order valence-corrected chi connectivity index (χ3v) is 5.99. The molecule has 11 heteroatoms. The summed E-state index contributed by atoms with van der Waals surface area (Å²) >= 11 is 7.26. The zero-order valence-corrected chi connectivity index (χ0v) is 16.2. The molecule has 1 aliphatic heterocycles. The summed E-state index contributed by atoms with van der Waals surface area (Å²) in [5.41, 5.74) is 6.82. The quantitative estimate of drug-likeness (QED) is 0.368. The van der Waals surface area contributed by atoms with E-state index in [1.807, 2.05) is 0 Å². The number of nitrogens with zero attached hydrogens (tertiary/aromatic N) is 4. The average Bonchev–Trinajstić information content (AvgIpc) is 3.22. The highest BCUT2D eigenvalue weighted by atomic mass is 35.5. The van der Waals surface area contributed by atoms with Crippen LogP contribution in [-0.4, -0.2) is 55.3 Å². The maximum Gasteiger partial charge on any atom is 0.340 e. The molecular weight excluding hydrogens is 406 g/mol. The van der Waals surface area contributed by atoms with Crippen molar-refractivity contribution in [1.29, 1.82) is 0 Å². The van der Waals surface area contributed by atoms with Gasteiger partial charge in [-0.15, -0.1) is 11.8 Å². The summed E-state index contributed by atoms with van der Waals surface area (Å²) < 4.78 is 12.5. The Morgan fingerprint density at radius 2 is 2.14 bits per heavy atom. The molecule has 3 aromatic rings. The van der Waals surface area contributed by atoms with Gasteiger partial charge in [0, 0.05) is 12.9 Å². The molecule has 1 aromatic carbocycles. The summed E-state index contributed by atoms with van der Waals surface area (Å²) in [4.78, 5) is 24.9. The molecule has 3 N–H and O–H groups in total. The summed E-state index contributed by atoms with van der Waals surface area (Å²) in [6.45, 7) is 0. The minimum atomic E-state index is -1.97. The van der Waals surface area contributed by atoms with Crippen LogP contribution in [0.2, 0.25) is 5.28 Å². The fourth-order valence-electron chi connectivity index (χ4n) is 3.07. The number of aliphatic hydroxyl groups is 1. The van der Waals surface area contributed by atoms with E-state index in [-0.39, 0.29) is 11.1 Å². The number of aromatic nitrogens is 4. The van der Waals surface area contributed by atoms with Crippen LogP contribution in [0.3, 0.4) is 0 Å². The molecule has 0 spiro atoms. The molecule has 28 heavy (non-hydrogen) atoms. The van der Waals surface area contributed by atoms with Crippen LogP contribution in [0.1, 0.15) is 15.7 Å². The molecule has 0 aliphatic carbocycles. The lowest BCUT2D eigenvalue weighted by Gasteiger charge is -2.33. The highest BCUT2D eigenvalue weighted by molar-refractivity contribution is 7.99. The lowest BCUT2D eigenvalue weighted by Crippen LogP contribution is -2.49. The lowest BCUT2D eigenvalue weighted by molar-refractivity contribution is -0.228. The Kier molecular flexibility index (Phi) is 4.88. The molecule has 0 bridgehead atoms. The fraction of sp³-hybridized carbons (Fsp3) is 0.294. The van der Waals surface area contributed by atoms with E-state index in [1.54, 1.807) is 34.9 Å². The number of anilines is 1. The third kappa shape index (κ3) is 3.08. The maximum absolute atomic E-state index is 12.6. The van der Waals surface area contributed by atoms with E-state index in [0.717, 1.165) is 0 Å². The first-order valence-corrected chi connectivity index (χ1v) is 9.67. The van der Waals surface area contributed by atoms with E-state index in [2.05, 4.69) is 15.0 Å². The van der Waals surface area contributed by atoms with Crippen molar-refractivity contribution in [3.05, 3.63) is 47.5 Å². The Morgan fingerprint density at radius 3 is 2.86 bits per heavy atom. The van der Waals surface area contributed by atoms with Crippen LogP contribution in [-0.2, 0) is 9.47 Å². The molecule has 9 nitrogen and oxygen atoms in total. The number of nitrogen functional groups attached to an aromatic ring is 1. The first-order chi connectivity index (χ1) is 13.4. The van der Waals surface area contributed by atoms with Gasteiger partial charge in [-0.3, -0.25) is 4.57 Å². The Labute approximate surface area is 168 Å². The van der Waals surface area contributed by atoms with Crippen LogP contribution in [0, 0.1) is 0 Å². The summed E-state index contributed by atoms with van der Waals surface area (Å²) in [5.74, 6) is -2.14. The SMILES string of the molecule is COC1CSC(n2cnc3c(N)nc(Cl)nc32)C1(O)OC(=O)c1ccccc1. The number of carbonyl (C=O) groups is 1. The minimum absolute atomic E-state index is 0.0529. The van der Waals surface area contributed by atoms with Gasteiger partial charge in [-0.1, -0.05) is 18.2 Å². The van der Waals surface area contributed by atoms with Crippen molar-refractivity contribution in [3.8, 4) is 0 Å². The number of benzene rings is 1. The summed E-state index contributed by atoms with van der Waals surface area (Å²) in [7, 11) is 1.44. The Morgan fingerprint density at radius 1 is 1.39 bits per heavy atom. The minimum Gasteiger partial charge on any atom is -0.423 e. The zero-order valence-electron chi connectivity index (χ0n) is 14.7. The van der Waals surface area contributed by atoms with E-state index < -0.39 is 23.2 Å². The molecule has 1 fully saturated rings. The Bertz CT molecular complexity index is 1030. The van der Waals surface area contributed by atoms with Gasteiger partial charge in [0.1, 0.15) is 11.6 Å². The molecular formula is C17H16ClN5O4S. The highest BCUT2D eigenvalue weighted by Gasteiger charge is 2.55. The number of carbonyl (C=O) groups excluding carboxylic acids is 1. The zero-order chi connectivity index (χ0) is 19.9. The normalized spacial score (nSPS) is 24.5. The number of nitrogens with two attached hydrogens (primary N) is 1. The topological polar surface area (TPSA) is 125 Å².